The van der Waals surface area contributed by atoms with Crippen molar-refractivity contribution in [3.05, 3.63) is 54.1 Å². The fraction of sp³-hybridized carbons (Fsp3) is 0.318. The van der Waals surface area contributed by atoms with Crippen LogP contribution in [0.25, 0.3) is 11.0 Å². The molecule has 29 heavy (non-hydrogen) atoms. The Hall–Kier alpha value is -3.35. The van der Waals surface area contributed by atoms with Crippen molar-refractivity contribution < 1.29 is 14.3 Å². The van der Waals surface area contributed by atoms with Crippen molar-refractivity contribution in [1.82, 2.24) is 15.3 Å². The molecule has 0 aliphatic rings. The van der Waals surface area contributed by atoms with E-state index < -0.39 is 6.04 Å². The molecule has 1 aromatic heterocycles. The first kappa shape index (κ1) is 20.4. The molecule has 3 rings (SSSR count). The number of nitrogens with zero attached hydrogens (tertiary/aromatic N) is 1. The number of amides is 2. The monoisotopic (exact) mass is 394 g/mol. The molecule has 3 N–H and O–H groups in total. The van der Waals surface area contributed by atoms with Gasteiger partial charge >= 0.3 is 0 Å². The zero-order chi connectivity index (χ0) is 20.8. The second kappa shape index (κ2) is 9.23. The quantitative estimate of drug-likeness (QED) is 0.546. The molecule has 0 aliphatic carbocycles. The Morgan fingerprint density at radius 2 is 1.83 bits per heavy atom. The van der Waals surface area contributed by atoms with Gasteiger partial charge in [0.25, 0.3) is 0 Å². The van der Waals surface area contributed by atoms with Gasteiger partial charge in [0, 0.05) is 6.42 Å². The van der Waals surface area contributed by atoms with Crippen molar-refractivity contribution in [2.75, 3.05) is 12.4 Å². The van der Waals surface area contributed by atoms with Crippen molar-refractivity contribution in [3.63, 3.8) is 0 Å². The molecule has 0 aliphatic heterocycles. The number of aromatic nitrogens is 2. The number of aromatic amines is 1. The molecule has 1 heterocycles. The summed E-state index contributed by atoms with van der Waals surface area (Å²) < 4.78 is 5.32. The van der Waals surface area contributed by atoms with Crippen LogP contribution < -0.4 is 15.4 Å². The molecule has 0 radical (unpaired) electrons. The van der Waals surface area contributed by atoms with Gasteiger partial charge in [-0.2, -0.15) is 0 Å². The first-order chi connectivity index (χ1) is 14.0. The van der Waals surface area contributed by atoms with Crippen LogP contribution >= 0.6 is 0 Å². The SMILES string of the molecule is COc1ccccc1CCC(=O)N[C@@H](C(=O)Nc1nc2ccccc2[nH]1)C(C)C. The number of imidazole rings is 1. The van der Waals surface area contributed by atoms with E-state index >= 15 is 0 Å². The van der Waals surface area contributed by atoms with E-state index in [0.29, 0.717) is 12.4 Å². The number of ether oxygens (including phenoxy) is 1. The number of carbonyl (C=O) groups excluding carboxylic acids is 2. The van der Waals surface area contributed by atoms with E-state index in [-0.39, 0.29) is 24.2 Å². The second-order valence-electron chi connectivity index (χ2n) is 7.19. The highest BCUT2D eigenvalue weighted by molar-refractivity contribution is 5.97. The summed E-state index contributed by atoms with van der Waals surface area (Å²) >= 11 is 0. The fourth-order valence-electron chi connectivity index (χ4n) is 3.14. The fourth-order valence-corrected chi connectivity index (χ4v) is 3.14. The maximum Gasteiger partial charge on any atom is 0.249 e. The Labute approximate surface area is 169 Å². The van der Waals surface area contributed by atoms with E-state index in [2.05, 4.69) is 20.6 Å². The molecule has 0 spiro atoms. The number of methoxy groups -OCH3 is 1. The molecule has 3 aromatic rings. The first-order valence-corrected chi connectivity index (χ1v) is 9.65. The summed E-state index contributed by atoms with van der Waals surface area (Å²) in [5.41, 5.74) is 2.56. The lowest BCUT2D eigenvalue weighted by Crippen LogP contribution is -2.47. The van der Waals surface area contributed by atoms with Gasteiger partial charge in [-0.3, -0.25) is 14.9 Å². The maximum atomic E-state index is 12.7. The van der Waals surface area contributed by atoms with Crippen LogP contribution in [0.1, 0.15) is 25.8 Å². The Balaban J connectivity index is 1.61. The molecule has 0 bridgehead atoms. The van der Waals surface area contributed by atoms with Crippen LogP contribution in [0.15, 0.2) is 48.5 Å². The molecule has 0 saturated carbocycles. The van der Waals surface area contributed by atoms with Gasteiger partial charge in [-0.25, -0.2) is 4.98 Å². The Bertz CT molecular complexity index is 963. The third-order valence-electron chi connectivity index (χ3n) is 4.71. The lowest BCUT2D eigenvalue weighted by molar-refractivity contribution is -0.127. The minimum Gasteiger partial charge on any atom is -0.496 e. The van der Waals surface area contributed by atoms with Gasteiger partial charge in [0.05, 0.1) is 18.1 Å². The Morgan fingerprint density at radius 1 is 1.10 bits per heavy atom. The minimum absolute atomic E-state index is 0.0745. The molecule has 0 unspecified atom stereocenters. The van der Waals surface area contributed by atoms with Crippen molar-refractivity contribution in [2.24, 2.45) is 5.92 Å². The normalized spacial score (nSPS) is 12.0. The van der Waals surface area contributed by atoms with E-state index in [1.54, 1.807) is 7.11 Å². The van der Waals surface area contributed by atoms with E-state index in [0.717, 1.165) is 22.3 Å². The van der Waals surface area contributed by atoms with Crippen molar-refractivity contribution in [1.29, 1.82) is 0 Å². The van der Waals surface area contributed by atoms with Gasteiger partial charge in [0.15, 0.2) is 0 Å². The minimum atomic E-state index is -0.659. The molecule has 2 amide bonds. The number of anilines is 1. The highest BCUT2D eigenvalue weighted by Crippen LogP contribution is 2.19. The van der Waals surface area contributed by atoms with E-state index in [4.69, 9.17) is 4.74 Å². The summed E-state index contributed by atoms with van der Waals surface area (Å²) in [7, 11) is 1.61. The zero-order valence-electron chi connectivity index (χ0n) is 16.9. The largest absolute Gasteiger partial charge is 0.496 e. The number of hydrogen-bond donors (Lipinski definition) is 3. The molecule has 0 fully saturated rings. The number of para-hydroxylation sites is 3. The van der Waals surface area contributed by atoms with E-state index in [1.165, 1.54) is 0 Å². The number of nitrogens with one attached hydrogen (secondary N) is 3. The number of benzene rings is 2. The lowest BCUT2D eigenvalue weighted by Gasteiger charge is -2.21. The number of H-pyrrole nitrogens is 1. The molecule has 1 atom stereocenters. The highest BCUT2D eigenvalue weighted by Gasteiger charge is 2.25. The summed E-state index contributed by atoms with van der Waals surface area (Å²) in [6.45, 7) is 3.78. The van der Waals surface area contributed by atoms with Gasteiger partial charge in [-0.1, -0.05) is 44.2 Å². The number of hydrogen-bond acceptors (Lipinski definition) is 4. The second-order valence-corrected chi connectivity index (χ2v) is 7.19. The number of aryl methyl sites for hydroxylation is 1. The van der Waals surface area contributed by atoms with Crippen molar-refractivity contribution in [2.45, 2.75) is 32.7 Å². The topological polar surface area (TPSA) is 96.1 Å². The molecule has 2 aromatic carbocycles. The molecule has 7 nitrogen and oxygen atoms in total. The molecular formula is C22H26N4O3. The van der Waals surface area contributed by atoms with E-state index in [9.17, 15) is 9.59 Å². The number of fused-ring (bicyclic) bond motifs is 1. The van der Waals surface area contributed by atoms with Gasteiger partial charge in [0.2, 0.25) is 17.8 Å². The van der Waals surface area contributed by atoms with Gasteiger partial charge in [0.1, 0.15) is 11.8 Å². The third-order valence-corrected chi connectivity index (χ3v) is 4.71. The maximum absolute atomic E-state index is 12.7. The van der Waals surface area contributed by atoms with Crippen LogP contribution in [0, 0.1) is 5.92 Å². The zero-order valence-corrected chi connectivity index (χ0v) is 16.9. The van der Waals surface area contributed by atoms with Crippen LogP contribution in [0.3, 0.4) is 0 Å². The first-order valence-electron chi connectivity index (χ1n) is 9.65. The van der Waals surface area contributed by atoms with Crippen LogP contribution in [0.4, 0.5) is 5.95 Å². The average Bonchev–Trinajstić information content (AvgIpc) is 3.12. The highest BCUT2D eigenvalue weighted by atomic mass is 16.5. The van der Waals surface area contributed by atoms with Gasteiger partial charge in [-0.15, -0.1) is 0 Å². The van der Waals surface area contributed by atoms with Crippen LogP contribution in [0.5, 0.6) is 5.75 Å². The predicted octanol–water partition coefficient (Wildman–Crippen LogP) is 3.28. The third kappa shape index (κ3) is 5.13. The summed E-state index contributed by atoms with van der Waals surface area (Å²) in [6.07, 6.45) is 0.799. The van der Waals surface area contributed by atoms with Crippen molar-refractivity contribution in [3.8, 4) is 5.75 Å². The number of rotatable bonds is 8. The molecule has 152 valence electrons. The van der Waals surface area contributed by atoms with Gasteiger partial charge < -0.3 is 15.0 Å². The van der Waals surface area contributed by atoms with Crippen molar-refractivity contribution >= 4 is 28.8 Å². The Kier molecular flexibility index (Phi) is 6.49. The van der Waals surface area contributed by atoms with Crippen LogP contribution in [0.2, 0.25) is 0 Å². The molecule has 7 heteroatoms. The van der Waals surface area contributed by atoms with E-state index in [1.807, 2.05) is 62.4 Å². The number of carbonyl (C=O) groups is 2. The summed E-state index contributed by atoms with van der Waals surface area (Å²) in [5, 5.41) is 5.61. The summed E-state index contributed by atoms with van der Waals surface area (Å²) in [5.74, 6) is 0.558. The predicted molar refractivity (Wildman–Crippen MR) is 113 cm³/mol. The average molecular weight is 394 g/mol. The van der Waals surface area contributed by atoms with Crippen LogP contribution in [-0.2, 0) is 16.0 Å². The Morgan fingerprint density at radius 3 is 2.55 bits per heavy atom. The smallest absolute Gasteiger partial charge is 0.249 e. The molecule has 0 saturated heterocycles. The lowest BCUT2D eigenvalue weighted by atomic mass is 10.0. The standard InChI is InChI=1S/C22H26N4O3/c1-14(2)20(21(28)26-22-23-16-9-5-6-10-17(16)24-22)25-19(27)13-12-15-8-4-7-11-18(15)29-3/h4-11,14,20H,12-13H2,1-3H3,(H,25,27)(H2,23,24,26,28)/t20-/m1/s1. The van der Waals surface area contributed by atoms with Gasteiger partial charge in [-0.05, 0) is 36.1 Å². The summed E-state index contributed by atoms with van der Waals surface area (Å²) in [4.78, 5) is 32.6. The van der Waals surface area contributed by atoms with Crippen LogP contribution in [-0.4, -0.2) is 34.9 Å². The molecular weight excluding hydrogens is 368 g/mol. The summed E-state index contributed by atoms with van der Waals surface area (Å²) in [6, 6.07) is 14.5.